The SMILES string of the molecule is COC.COC.COC[C@H]1Cc2cccc(C)c2O1. The molecular weight excluding hydrogens is 244 g/mol. The Morgan fingerprint density at radius 2 is 1.68 bits per heavy atom. The number of rotatable bonds is 2. The van der Waals surface area contributed by atoms with Crippen LogP contribution < -0.4 is 4.74 Å². The van der Waals surface area contributed by atoms with Crippen molar-refractivity contribution < 1.29 is 18.9 Å². The van der Waals surface area contributed by atoms with Crippen molar-refractivity contribution in [1.82, 2.24) is 0 Å². The number of fused-ring (bicyclic) bond motifs is 1. The zero-order valence-corrected chi connectivity index (χ0v) is 12.9. The zero-order chi connectivity index (χ0) is 14.7. The second-order valence-corrected chi connectivity index (χ2v) is 4.28. The summed E-state index contributed by atoms with van der Waals surface area (Å²) in [6.45, 7) is 2.75. The third kappa shape index (κ3) is 6.57. The number of methoxy groups -OCH3 is 3. The van der Waals surface area contributed by atoms with Gasteiger partial charge in [0, 0.05) is 42.0 Å². The van der Waals surface area contributed by atoms with Crippen LogP contribution in [0.3, 0.4) is 0 Å². The van der Waals surface area contributed by atoms with E-state index in [1.807, 2.05) is 0 Å². The zero-order valence-electron chi connectivity index (χ0n) is 12.9. The fourth-order valence-corrected chi connectivity index (χ4v) is 1.78. The van der Waals surface area contributed by atoms with E-state index in [1.54, 1.807) is 35.5 Å². The van der Waals surface area contributed by atoms with Gasteiger partial charge in [0.1, 0.15) is 11.9 Å². The summed E-state index contributed by atoms with van der Waals surface area (Å²) in [6.07, 6.45) is 1.19. The molecule has 1 aliphatic rings. The summed E-state index contributed by atoms with van der Waals surface area (Å²) in [4.78, 5) is 0. The number of benzene rings is 1. The second-order valence-electron chi connectivity index (χ2n) is 4.28. The van der Waals surface area contributed by atoms with Gasteiger partial charge in [0.05, 0.1) is 6.61 Å². The van der Waals surface area contributed by atoms with Crippen molar-refractivity contribution in [3.63, 3.8) is 0 Å². The molecule has 4 nitrogen and oxygen atoms in total. The predicted octanol–water partition coefficient (Wildman–Crippen LogP) is 2.47. The topological polar surface area (TPSA) is 36.9 Å². The molecule has 0 saturated carbocycles. The van der Waals surface area contributed by atoms with Crippen LogP contribution in [0.4, 0.5) is 0 Å². The molecule has 1 aromatic rings. The van der Waals surface area contributed by atoms with Gasteiger partial charge in [0.2, 0.25) is 0 Å². The minimum Gasteiger partial charge on any atom is -0.487 e. The molecule has 2 rings (SSSR count). The molecule has 19 heavy (non-hydrogen) atoms. The number of hydrogen-bond acceptors (Lipinski definition) is 4. The summed E-state index contributed by atoms with van der Waals surface area (Å²) < 4.78 is 19.3. The Balaban J connectivity index is 0.000000465. The van der Waals surface area contributed by atoms with Crippen molar-refractivity contribution in [3.8, 4) is 5.75 Å². The van der Waals surface area contributed by atoms with Crippen LogP contribution in [0.2, 0.25) is 0 Å². The molecule has 0 saturated heterocycles. The monoisotopic (exact) mass is 270 g/mol. The third-order valence-electron chi connectivity index (χ3n) is 2.38. The van der Waals surface area contributed by atoms with E-state index in [-0.39, 0.29) is 6.10 Å². The lowest BCUT2D eigenvalue weighted by molar-refractivity contribution is 0.0948. The highest BCUT2D eigenvalue weighted by atomic mass is 16.5. The summed E-state index contributed by atoms with van der Waals surface area (Å²) in [7, 11) is 8.21. The lowest BCUT2D eigenvalue weighted by Crippen LogP contribution is -2.19. The molecule has 0 aliphatic carbocycles. The Morgan fingerprint density at radius 3 is 2.16 bits per heavy atom. The molecule has 0 radical (unpaired) electrons. The first kappa shape index (κ1) is 17.9. The maximum atomic E-state index is 5.75. The van der Waals surface area contributed by atoms with Crippen molar-refractivity contribution in [2.45, 2.75) is 19.4 Å². The highest BCUT2D eigenvalue weighted by Gasteiger charge is 2.23. The van der Waals surface area contributed by atoms with E-state index in [0.717, 1.165) is 12.2 Å². The van der Waals surface area contributed by atoms with Crippen molar-refractivity contribution in [2.75, 3.05) is 42.2 Å². The summed E-state index contributed by atoms with van der Waals surface area (Å²) >= 11 is 0. The number of ether oxygens (including phenoxy) is 4. The lowest BCUT2D eigenvalue weighted by atomic mass is 10.1. The quantitative estimate of drug-likeness (QED) is 0.827. The van der Waals surface area contributed by atoms with Crippen molar-refractivity contribution >= 4 is 0 Å². The Bertz CT molecular complexity index is 337. The average Bonchev–Trinajstić information content (AvgIpc) is 2.76. The van der Waals surface area contributed by atoms with Gasteiger partial charge in [-0.15, -0.1) is 0 Å². The summed E-state index contributed by atoms with van der Waals surface area (Å²) in [5.74, 6) is 1.06. The van der Waals surface area contributed by atoms with Gasteiger partial charge in [-0.2, -0.15) is 0 Å². The molecule has 0 amide bonds. The van der Waals surface area contributed by atoms with Gasteiger partial charge < -0.3 is 18.9 Å². The van der Waals surface area contributed by atoms with E-state index < -0.39 is 0 Å². The standard InChI is InChI=1S/C11H14O2.2C2H6O/c1-8-4-3-5-9-6-10(7-12-2)13-11(8)9;2*1-3-2/h3-5,10H,6-7H2,1-2H3;2*1-2H3/t10-;;/m1../s1. The molecule has 1 atom stereocenters. The van der Waals surface area contributed by atoms with E-state index in [2.05, 4.69) is 34.6 Å². The van der Waals surface area contributed by atoms with E-state index in [1.165, 1.54) is 11.1 Å². The Hall–Kier alpha value is -1.10. The molecule has 0 spiro atoms. The predicted molar refractivity (Wildman–Crippen MR) is 77.0 cm³/mol. The smallest absolute Gasteiger partial charge is 0.126 e. The molecule has 1 heterocycles. The van der Waals surface area contributed by atoms with Crippen LogP contribution in [-0.4, -0.2) is 48.3 Å². The van der Waals surface area contributed by atoms with Crippen LogP contribution in [0.1, 0.15) is 11.1 Å². The average molecular weight is 270 g/mol. The molecule has 0 bridgehead atoms. The van der Waals surface area contributed by atoms with Gasteiger partial charge in [0.25, 0.3) is 0 Å². The van der Waals surface area contributed by atoms with Gasteiger partial charge in [-0.3, -0.25) is 0 Å². The molecule has 0 aromatic heterocycles. The van der Waals surface area contributed by atoms with E-state index in [0.29, 0.717) is 6.61 Å². The fourth-order valence-electron chi connectivity index (χ4n) is 1.78. The van der Waals surface area contributed by atoms with Gasteiger partial charge in [-0.05, 0) is 18.1 Å². The third-order valence-corrected chi connectivity index (χ3v) is 2.38. The molecule has 110 valence electrons. The first-order valence-corrected chi connectivity index (χ1v) is 6.18. The molecule has 0 N–H and O–H groups in total. The summed E-state index contributed by atoms with van der Waals surface area (Å²) in [5.41, 5.74) is 2.53. The van der Waals surface area contributed by atoms with Crippen LogP contribution in [0.15, 0.2) is 18.2 Å². The molecule has 4 heteroatoms. The number of hydrogen-bond donors (Lipinski definition) is 0. The largest absolute Gasteiger partial charge is 0.487 e. The Morgan fingerprint density at radius 1 is 1.11 bits per heavy atom. The van der Waals surface area contributed by atoms with Gasteiger partial charge in [-0.25, -0.2) is 0 Å². The number of aryl methyl sites for hydroxylation is 1. The van der Waals surface area contributed by atoms with Crippen LogP contribution in [0.5, 0.6) is 5.75 Å². The maximum Gasteiger partial charge on any atom is 0.126 e. The van der Waals surface area contributed by atoms with Crippen LogP contribution in [0, 0.1) is 6.92 Å². The molecule has 1 aromatic carbocycles. The summed E-state index contributed by atoms with van der Waals surface area (Å²) in [5, 5.41) is 0. The fraction of sp³-hybridized carbons (Fsp3) is 0.600. The van der Waals surface area contributed by atoms with Gasteiger partial charge >= 0.3 is 0 Å². The lowest BCUT2D eigenvalue weighted by Gasteiger charge is -2.09. The molecule has 0 unspecified atom stereocenters. The maximum absolute atomic E-state index is 5.75. The Kier molecular flexibility index (Phi) is 10.2. The van der Waals surface area contributed by atoms with Gasteiger partial charge in [0.15, 0.2) is 0 Å². The minimum atomic E-state index is 0.209. The van der Waals surface area contributed by atoms with E-state index >= 15 is 0 Å². The highest BCUT2D eigenvalue weighted by Crippen LogP contribution is 2.31. The van der Waals surface area contributed by atoms with Crippen LogP contribution in [0.25, 0.3) is 0 Å². The summed E-state index contributed by atoms with van der Waals surface area (Å²) in [6, 6.07) is 6.28. The van der Waals surface area contributed by atoms with Crippen LogP contribution >= 0.6 is 0 Å². The van der Waals surface area contributed by atoms with Crippen molar-refractivity contribution in [1.29, 1.82) is 0 Å². The molecule has 1 aliphatic heterocycles. The van der Waals surface area contributed by atoms with Crippen molar-refractivity contribution in [3.05, 3.63) is 29.3 Å². The molecule has 0 fully saturated rings. The van der Waals surface area contributed by atoms with E-state index in [4.69, 9.17) is 9.47 Å². The normalized spacial score (nSPS) is 15.4. The van der Waals surface area contributed by atoms with Crippen LogP contribution in [-0.2, 0) is 20.6 Å². The van der Waals surface area contributed by atoms with E-state index in [9.17, 15) is 0 Å². The number of para-hydroxylation sites is 1. The van der Waals surface area contributed by atoms with Crippen molar-refractivity contribution in [2.24, 2.45) is 0 Å². The Labute approximate surface area is 116 Å². The van der Waals surface area contributed by atoms with Gasteiger partial charge in [-0.1, -0.05) is 18.2 Å². The second kappa shape index (κ2) is 10.8. The highest BCUT2D eigenvalue weighted by molar-refractivity contribution is 5.43. The first-order valence-electron chi connectivity index (χ1n) is 6.18. The minimum absolute atomic E-state index is 0.209. The molecular formula is C15H26O4. The first-order chi connectivity index (χ1) is 9.14.